The molecular formula is C23H27NO2. The molecule has 0 unspecified atom stereocenters. The molecule has 1 atom stereocenters. The molecule has 4 rings (SSSR count). The lowest BCUT2D eigenvalue weighted by molar-refractivity contribution is -0.148. The largest absolute Gasteiger partial charge is 0.368 e. The molecule has 2 aliphatic rings. The monoisotopic (exact) mass is 349 g/mol. The highest BCUT2D eigenvalue weighted by molar-refractivity contribution is 5.81. The van der Waals surface area contributed by atoms with Crippen LogP contribution in [0, 0.1) is 0 Å². The molecule has 2 heterocycles. The maximum absolute atomic E-state index is 13.1. The number of benzene rings is 2. The molecule has 2 aromatic rings. The number of carbonyl (C=O) groups is 1. The fourth-order valence-corrected chi connectivity index (χ4v) is 4.54. The molecule has 2 fully saturated rings. The molecule has 0 aliphatic carbocycles. The number of ether oxygens (including phenoxy) is 1. The molecule has 26 heavy (non-hydrogen) atoms. The molecular weight excluding hydrogens is 322 g/mol. The van der Waals surface area contributed by atoms with Crippen LogP contribution >= 0.6 is 0 Å². The van der Waals surface area contributed by atoms with E-state index in [0.717, 1.165) is 45.2 Å². The molecule has 3 nitrogen and oxygen atoms in total. The molecule has 0 spiro atoms. The van der Waals surface area contributed by atoms with Crippen LogP contribution in [-0.2, 0) is 14.9 Å². The van der Waals surface area contributed by atoms with E-state index in [1.54, 1.807) is 0 Å². The predicted octanol–water partition coefficient (Wildman–Crippen LogP) is 4.16. The van der Waals surface area contributed by atoms with E-state index in [1.165, 1.54) is 11.1 Å². The SMILES string of the molecule is O=C([C@H]1CCCCO1)N1CCCC(c2ccccc2)(c2ccccc2)C1. The molecule has 0 radical (unpaired) electrons. The van der Waals surface area contributed by atoms with Crippen LogP contribution in [0.3, 0.4) is 0 Å². The number of nitrogens with zero attached hydrogens (tertiary/aromatic N) is 1. The predicted molar refractivity (Wildman–Crippen MR) is 103 cm³/mol. The Labute approximate surface area is 156 Å². The first-order chi connectivity index (χ1) is 12.8. The summed E-state index contributed by atoms with van der Waals surface area (Å²) in [5.41, 5.74) is 2.46. The Morgan fingerprint density at radius 3 is 2.15 bits per heavy atom. The van der Waals surface area contributed by atoms with Crippen LogP contribution < -0.4 is 0 Å². The van der Waals surface area contributed by atoms with E-state index in [1.807, 2.05) is 0 Å². The summed E-state index contributed by atoms with van der Waals surface area (Å²) in [5.74, 6) is 0.181. The molecule has 0 bridgehead atoms. The molecule has 0 saturated carbocycles. The van der Waals surface area contributed by atoms with Crippen LogP contribution in [0.1, 0.15) is 43.2 Å². The summed E-state index contributed by atoms with van der Waals surface area (Å²) in [5, 5.41) is 0. The lowest BCUT2D eigenvalue weighted by Crippen LogP contribution is -2.52. The van der Waals surface area contributed by atoms with Gasteiger partial charge in [-0.3, -0.25) is 4.79 Å². The van der Waals surface area contributed by atoms with E-state index in [-0.39, 0.29) is 17.4 Å². The van der Waals surface area contributed by atoms with Gasteiger partial charge in [-0.1, -0.05) is 60.7 Å². The zero-order valence-electron chi connectivity index (χ0n) is 15.3. The maximum atomic E-state index is 13.1. The highest BCUT2D eigenvalue weighted by Crippen LogP contribution is 2.40. The van der Waals surface area contributed by atoms with Gasteiger partial charge in [-0.05, 0) is 43.2 Å². The van der Waals surface area contributed by atoms with Crippen LogP contribution in [0.25, 0.3) is 0 Å². The van der Waals surface area contributed by atoms with Crippen molar-refractivity contribution in [3.05, 3.63) is 71.8 Å². The van der Waals surface area contributed by atoms with E-state index in [2.05, 4.69) is 65.6 Å². The first kappa shape index (κ1) is 17.3. The van der Waals surface area contributed by atoms with Crippen LogP contribution in [-0.4, -0.2) is 36.6 Å². The zero-order valence-corrected chi connectivity index (χ0v) is 15.3. The van der Waals surface area contributed by atoms with Gasteiger partial charge in [0.2, 0.25) is 0 Å². The Bertz CT molecular complexity index is 683. The minimum absolute atomic E-state index is 0.134. The average molecular weight is 349 g/mol. The van der Waals surface area contributed by atoms with Crippen LogP contribution in [0.2, 0.25) is 0 Å². The average Bonchev–Trinajstić information content (AvgIpc) is 2.75. The number of carbonyl (C=O) groups excluding carboxylic acids is 1. The minimum atomic E-state index is -0.244. The number of piperidine rings is 1. The third-order valence-electron chi connectivity index (χ3n) is 5.91. The molecule has 2 aliphatic heterocycles. The van der Waals surface area contributed by atoms with Gasteiger partial charge in [0.05, 0.1) is 0 Å². The fraction of sp³-hybridized carbons (Fsp3) is 0.435. The van der Waals surface area contributed by atoms with Crippen molar-refractivity contribution in [2.75, 3.05) is 19.7 Å². The Hall–Kier alpha value is -2.13. The normalized spacial score (nSPS) is 22.8. The number of rotatable bonds is 3. The molecule has 3 heteroatoms. The van der Waals surface area contributed by atoms with Crippen LogP contribution in [0.4, 0.5) is 0 Å². The summed E-state index contributed by atoms with van der Waals surface area (Å²) in [4.78, 5) is 15.2. The summed E-state index contributed by atoms with van der Waals surface area (Å²) in [6.45, 7) is 2.28. The summed E-state index contributed by atoms with van der Waals surface area (Å²) in [6, 6.07) is 21.4. The Morgan fingerprint density at radius 2 is 1.58 bits per heavy atom. The van der Waals surface area contributed by atoms with E-state index in [4.69, 9.17) is 4.74 Å². The molecule has 2 aromatic carbocycles. The quantitative estimate of drug-likeness (QED) is 0.832. The third kappa shape index (κ3) is 3.28. The van der Waals surface area contributed by atoms with Gasteiger partial charge in [-0.15, -0.1) is 0 Å². The maximum Gasteiger partial charge on any atom is 0.251 e. The molecule has 1 amide bonds. The Kier molecular flexibility index (Phi) is 5.07. The number of amides is 1. The lowest BCUT2D eigenvalue weighted by Gasteiger charge is -2.45. The van der Waals surface area contributed by atoms with Crippen molar-refractivity contribution in [2.45, 2.75) is 43.6 Å². The van der Waals surface area contributed by atoms with E-state index in [9.17, 15) is 4.79 Å². The first-order valence-corrected chi connectivity index (χ1v) is 9.81. The topological polar surface area (TPSA) is 29.5 Å². The summed E-state index contributed by atoms with van der Waals surface area (Å²) < 4.78 is 5.78. The molecule has 2 saturated heterocycles. The molecule has 0 aromatic heterocycles. The second kappa shape index (κ2) is 7.63. The Balaban J connectivity index is 1.67. The highest BCUT2D eigenvalue weighted by atomic mass is 16.5. The lowest BCUT2D eigenvalue weighted by atomic mass is 9.69. The van der Waals surface area contributed by atoms with Gasteiger partial charge in [0.25, 0.3) is 5.91 Å². The molecule has 136 valence electrons. The van der Waals surface area contributed by atoms with Gasteiger partial charge in [-0.25, -0.2) is 0 Å². The van der Waals surface area contributed by atoms with Gasteiger partial charge in [0.1, 0.15) is 6.10 Å². The van der Waals surface area contributed by atoms with Crippen molar-refractivity contribution in [2.24, 2.45) is 0 Å². The van der Waals surface area contributed by atoms with Gasteiger partial charge in [0.15, 0.2) is 0 Å². The van der Waals surface area contributed by atoms with Crippen molar-refractivity contribution in [1.29, 1.82) is 0 Å². The van der Waals surface area contributed by atoms with Gasteiger partial charge in [-0.2, -0.15) is 0 Å². The second-order valence-electron chi connectivity index (χ2n) is 7.53. The van der Waals surface area contributed by atoms with Crippen LogP contribution in [0.5, 0.6) is 0 Å². The smallest absolute Gasteiger partial charge is 0.251 e. The van der Waals surface area contributed by atoms with Crippen molar-refractivity contribution < 1.29 is 9.53 Å². The zero-order chi connectivity index (χ0) is 17.8. The van der Waals surface area contributed by atoms with Crippen molar-refractivity contribution >= 4 is 5.91 Å². The first-order valence-electron chi connectivity index (χ1n) is 9.81. The van der Waals surface area contributed by atoms with Gasteiger partial charge < -0.3 is 9.64 Å². The fourth-order valence-electron chi connectivity index (χ4n) is 4.54. The molecule has 0 N–H and O–H groups in total. The Morgan fingerprint density at radius 1 is 0.923 bits per heavy atom. The van der Waals surface area contributed by atoms with E-state index in [0.29, 0.717) is 6.61 Å². The van der Waals surface area contributed by atoms with Crippen molar-refractivity contribution in [1.82, 2.24) is 4.90 Å². The van der Waals surface area contributed by atoms with Crippen molar-refractivity contribution in [3.63, 3.8) is 0 Å². The summed E-state index contributed by atoms with van der Waals surface area (Å²) >= 11 is 0. The standard InChI is InChI=1S/C23H27NO2/c25-22(21-14-7-8-17-26-21)24-16-9-15-23(18-24,19-10-3-1-4-11-19)20-12-5-2-6-13-20/h1-6,10-13,21H,7-9,14-18H2/t21-/m1/s1. The summed E-state index contributed by atoms with van der Waals surface area (Å²) in [6.07, 6.45) is 4.86. The number of hydrogen-bond acceptors (Lipinski definition) is 2. The summed E-state index contributed by atoms with van der Waals surface area (Å²) in [7, 11) is 0. The van der Waals surface area contributed by atoms with E-state index >= 15 is 0 Å². The number of hydrogen-bond donors (Lipinski definition) is 0. The second-order valence-corrected chi connectivity index (χ2v) is 7.53. The number of likely N-dealkylation sites (tertiary alicyclic amines) is 1. The van der Waals surface area contributed by atoms with Gasteiger partial charge >= 0.3 is 0 Å². The van der Waals surface area contributed by atoms with Crippen LogP contribution in [0.15, 0.2) is 60.7 Å². The third-order valence-corrected chi connectivity index (χ3v) is 5.91. The van der Waals surface area contributed by atoms with Crippen molar-refractivity contribution in [3.8, 4) is 0 Å². The van der Waals surface area contributed by atoms with Gasteiger partial charge in [0, 0.05) is 25.1 Å². The highest BCUT2D eigenvalue weighted by Gasteiger charge is 2.41. The minimum Gasteiger partial charge on any atom is -0.368 e. The van der Waals surface area contributed by atoms with E-state index < -0.39 is 0 Å².